The van der Waals surface area contributed by atoms with E-state index >= 15 is 0 Å². The van der Waals surface area contributed by atoms with Crippen LogP contribution in [0.25, 0.3) is 0 Å². The number of methoxy groups -OCH3 is 2. The Morgan fingerprint density at radius 2 is 1.17 bits per heavy atom. The van der Waals surface area contributed by atoms with Gasteiger partial charge in [0.15, 0.2) is 28.3 Å². The Morgan fingerprint density at radius 1 is 0.723 bits per heavy atom. The Morgan fingerprint density at radius 3 is 1.57 bits per heavy atom. The zero-order valence-corrected chi connectivity index (χ0v) is 45.1. The first kappa shape index (κ1) is 58.2. The lowest BCUT2D eigenvalue weighted by atomic mass is 9.99. The summed E-state index contributed by atoms with van der Waals surface area (Å²) in [7, 11) is -0.0889. The number of allylic oxidation sites excluding steroid dienone is 2. The molecule has 0 amide bonds. The SMILES string of the molecule is C=CCc1c(OC)cccc1[C@@H](O)C#CCCCOC1CCCCO1.C=CCc1c(OC)cccc1[C@H](C#CCCCOC1CCCCO1)O[Si](C)(C)C(C)(C)C.CC(C)(C)[Si](C)(C)Cl. The molecule has 8 nitrogen and oxygen atoms in total. The second-order valence-corrected chi connectivity index (χ2v) is 31.6. The maximum atomic E-state index is 10.4. The summed E-state index contributed by atoms with van der Waals surface area (Å²) in [6.07, 6.45) is 13.6. The monoisotopic (exact) mass is 953 g/mol. The van der Waals surface area contributed by atoms with Gasteiger partial charge in [0.2, 0.25) is 0 Å². The highest BCUT2D eigenvalue weighted by molar-refractivity contribution is 7.20. The van der Waals surface area contributed by atoms with E-state index in [9.17, 15) is 5.11 Å². The molecular weight excluding hydrogens is 868 g/mol. The van der Waals surface area contributed by atoms with Crippen LogP contribution in [0.3, 0.4) is 0 Å². The van der Waals surface area contributed by atoms with Crippen molar-refractivity contribution in [1.29, 1.82) is 0 Å². The minimum absolute atomic E-state index is 0.0374. The van der Waals surface area contributed by atoms with E-state index < -0.39 is 21.8 Å². The molecule has 11 heteroatoms. The van der Waals surface area contributed by atoms with E-state index in [-0.39, 0.29) is 23.7 Å². The topological polar surface area (TPSA) is 84.8 Å². The van der Waals surface area contributed by atoms with Crippen molar-refractivity contribution < 1.29 is 38.0 Å². The van der Waals surface area contributed by atoms with Crippen LogP contribution in [-0.2, 0) is 36.2 Å². The molecule has 4 atom stereocenters. The minimum Gasteiger partial charge on any atom is -0.496 e. The van der Waals surface area contributed by atoms with Gasteiger partial charge in [-0.05, 0) is 111 Å². The van der Waals surface area contributed by atoms with Crippen LogP contribution >= 0.6 is 11.1 Å². The summed E-state index contributed by atoms with van der Waals surface area (Å²) in [4.78, 5) is 0. The summed E-state index contributed by atoms with van der Waals surface area (Å²) < 4.78 is 40.5. The van der Waals surface area contributed by atoms with E-state index in [4.69, 9.17) is 43.9 Å². The van der Waals surface area contributed by atoms with Gasteiger partial charge in [0, 0.05) is 37.2 Å². The van der Waals surface area contributed by atoms with Crippen molar-refractivity contribution in [3.05, 3.63) is 84.0 Å². The number of aliphatic hydroxyl groups excluding tert-OH is 1. The zero-order valence-electron chi connectivity index (χ0n) is 42.3. The Bertz CT molecular complexity index is 1800. The predicted molar refractivity (Wildman–Crippen MR) is 276 cm³/mol. The summed E-state index contributed by atoms with van der Waals surface area (Å²) in [5.74, 6) is 14.4. The fourth-order valence-electron chi connectivity index (χ4n) is 6.26. The van der Waals surface area contributed by atoms with Gasteiger partial charge in [-0.25, -0.2) is 0 Å². The van der Waals surface area contributed by atoms with Gasteiger partial charge in [-0.15, -0.1) is 25.0 Å². The lowest BCUT2D eigenvalue weighted by molar-refractivity contribution is -0.162. The first-order valence-corrected chi connectivity index (χ1v) is 30.6. The van der Waals surface area contributed by atoms with Crippen molar-refractivity contribution in [1.82, 2.24) is 0 Å². The van der Waals surface area contributed by atoms with Gasteiger partial charge < -0.3 is 38.0 Å². The summed E-state index contributed by atoms with van der Waals surface area (Å²) in [6.45, 7) is 32.9. The lowest BCUT2D eigenvalue weighted by Gasteiger charge is -2.38. The van der Waals surface area contributed by atoms with Crippen molar-refractivity contribution in [2.24, 2.45) is 0 Å². The number of ether oxygens (including phenoxy) is 6. The van der Waals surface area contributed by atoms with Crippen LogP contribution in [0.2, 0.25) is 36.3 Å². The number of rotatable bonds is 18. The quantitative estimate of drug-likeness (QED) is 0.0520. The highest BCUT2D eigenvalue weighted by Gasteiger charge is 2.40. The number of hydrogen-bond donors (Lipinski definition) is 1. The molecule has 0 aliphatic carbocycles. The van der Waals surface area contributed by atoms with E-state index in [0.29, 0.717) is 37.5 Å². The van der Waals surface area contributed by atoms with Gasteiger partial charge in [-0.2, -0.15) is 11.1 Å². The average Bonchev–Trinajstić information content (AvgIpc) is 3.26. The Balaban J connectivity index is 0.000000390. The van der Waals surface area contributed by atoms with E-state index in [2.05, 4.69) is 111 Å². The molecule has 2 aromatic carbocycles. The maximum Gasteiger partial charge on any atom is 0.194 e. The van der Waals surface area contributed by atoms with Gasteiger partial charge in [-0.3, -0.25) is 0 Å². The molecule has 2 aliphatic heterocycles. The Labute approximate surface area is 402 Å². The molecule has 2 aliphatic rings. The van der Waals surface area contributed by atoms with Crippen molar-refractivity contribution >= 4 is 26.8 Å². The van der Waals surface area contributed by atoms with Gasteiger partial charge >= 0.3 is 0 Å². The third-order valence-corrected chi connectivity index (χ3v) is 22.0. The smallest absolute Gasteiger partial charge is 0.194 e. The molecule has 65 heavy (non-hydrogen) atoms. The molecule has 0 saturated carbocycles. The van der Waals surface area contributed by atoms with Crippen molar-refractivity contribution in [3.63, 3.8) is 0 Å². The second-order valence-electron chi connectivity index (χ2n) is 19.6. The van der Waals surface area contributed by atoms with Gasteiger partial charge in [0.1, 0.15) is 23.7 Å². The van der Waals surface area contributed by atoms with Gasteiger partial charge in [0.25, 0.3) is 0 Å². The second kappa shape index (κ2) is 29.8. The molecular formula is C54H85ClO8Si2. The first-order valence-electron chi connectivity index (χ1n) is 23.7. The molecule has 4 rings (SSSR count). The molecule has 2 unspecified atom stereocenters. The van der Waals surface area contributed by atoms with Gasteiger partial charge in [0.05, 0.1) is 27.4 Å². The fourth-order valence-corrected chi connectivity index (χ4v) is 7.39. The number of benzene rings is 2. The molecule has 2 saturated heterocycles. The highest BCUT2D eigenvalue weighted by Crippen LogP contribution is 2.41. The molecule has 2 aromatic rings. The molecule has 0 aromatic heterocycles. The van der Waals surface area contributed by atoms with Crippen molar-refractivity contribution in [2.45, 2.75) is 180 Å². The van der Waals surface area contributed by atoms with E-state index in [1.54, 1.807) is 20.3 Å². The number of halogens is 1. The molecule has 2 heterocycles. The molecule has 364 valence electrons. The summed E-state index contributed by atoms with van der Waals surface area (Å²) in [5, 5.41) is 10.8. The average molecular weight is 954 g/mol. The van der Waals surface area contributed by atoms with Crippen LogP contribution in [0, 0.1) is 23.7 Å². The summed E-state index contributed by atoms with van der Waals surface area (Å²) in [5.41, 5.74) is 3.88. The number of aliphatic hydroxyl groups is 1. The van der Waals surface area contributed by atoms with Crippen LogP contribution in [-0.4, -0.2) is 74.0 Å². The van der Waals surface area contributed by atoms with Crippen LogP contribution in [0.1, 0.15) is 140 Å². The van der Waals surface area contributed by atoms with Crippen LogP contribution < -0.4 is 9.47 Å². The minimum atomic E-state index is -2.03. The largest absolute Gasteiger partial charge is 0.496 e. The van der Waals surface area contributed by atoms with E-state index in [0.717, 1.165) is 91.9 Å². The molecule has 0 bridgehead atoms. The Kier molecular flexibility index (Phi) is 26.7. The fraction of sp³-hybridized carbons (Fsp3) is 0.630. The van der Waals surface area contributed by atoms with E-state index in [1.807, 2.05) is 36.4 Å². The Hall–Kier alpha value is -2.88. The third-order valence-electron chi connectivity index (χ3n) is 12.3. The summed E-state index contributed by atoms with van der Waals surface area (Å²) in [6, 6.07) is 11.7. The number of unbranched alkanes of at least 4 members (excludes halogenated alkanes) is 2. The van der Waals surface area contributed by atoms with Crippen LogP contribution in [0.15, 0.2) is 61.7 Å². The molecule has 1 N–H and O–H groups in total. The molecule has 2 fully saturated rings. The zero-order chi connectivity index (χ0) is 48.5. The van der Waals surface area contributed by atoms with Gasteiger partial charge in [-0.1, -0.05) is 103 Å². The van der Waals surface area contributed by atoms with E-state index in [1.165, 1.54) is 12.8 Å². The third kappa shape index (κ3) is 21.3. The van der Waals surface area contributed by atoms with Crippen LogP contribution in [0.5, 0.6) is 11.5 Å². The number of hydrogen-bond acceptors (Lipinski definition) is 8. The normalized spacial score (nSPS) is 17.5. The molecule has 0 radical (unpaired) electrons. The van der Waals surface area contributed by atoms with Crippen LogP contribution in [0.4, 0.5) is 0 Å². The van der Waals surface area contributed by atoms with Crippen molar-refractivity contribution in [3.8, 4) is 35.2 Å². The standard InChI is InChI=1S/C27H42O4Si.C21H28O4.C6H15ClSi/c1-8-15-22-23(16-14-18-24(22)28-5)25(31-32(6,7)27(2,3)4)17-10-9-12-20-29-26-19-11-13-21-30-26;1-3-10-18-17(11-9-13-20(18)23-2)19(22)12-5-4-7-15-24-21-14-6-8-16-25-21;1-6(2,3)8(4,5)7/h8,14,16,18,25-26H,1,9,11-13,15,19-21H2,2-7H3;3,9,11,13,19,21-22H,1,4,6-8,10,14-16H2,2H3;1-5H3/t25-,26?;19-,21?;/m00./s1. The van der Waals surface area contributed by atoms with Crippen molar-refractivity contribution in [2.75, 3.05) is 40.6 Å². The lowest BCUT2D eigenvalue weighted by Crippen LogP contribution is -2.41. The first-order chi connectivity index (χ1) is 30.7. The molecule has 0 spiro atoms. The summed E-state index contributed by atoms with van der Waals surface area (Å²) >= 11 is 6.15. The predicted octanol–water partition coefficient (Wildman–Crippen LogP) is 13.8. The maximum absolute atomic E-state index is 10.4. The highest BCUT2D eigenvalue weighted by atomic mass is 35.6.